The summed E-state index contributed by atoms with van der Waals surface area (Å²) in [6, 6.07) is 0. The van der Waals surface area contributed by atoms with Crippen LogP contribution in [0.25, 0.3) is 0 Å². The number of rotatable bonds is 5. The monoisotopic (exact) mass is 252 g/mol. The Kier molecular flexibility index (Phi) is 4.21. The SMILES string of the molecule is CCCC(C)(NCC)c1nc2c(s1)CCCC2. The summed E-state index contributed by atoms with van der Waals surface area (Å²) >= 11 is 1.95. The summed E-state index contributed by atoms with van der Waals surface area (Å²) in [6.45, 7) is 7.76. The van der Waals surface area contributed by atoms with Crippen LogP contribution in [0.1, 0.15) is 62.0 Å². The zero-order valence-electron chi connectivity index (χ0n) is 11.3. The van der Waals surface area contributed by atoms with Crippen LogP contribution in [-0.4, -0.2) is 11.5 Å². The Bertz CT molecular complexity index is 341. The molecule has 1 N–H and O–H groups in total. The van der Waals surface area contributed by atoms with Crippen molar-refractivity contribution in [3.63, 3.8) is 0 Å². The summed E-state index contributed by atoms with van der Waals surface area (Å²) in [5.41, 5.74) is 1.47. The molecule has 3 heteroatoms. The van der Waals surface area contributed by atoms with E-state index in [9.17, 15) is 0 Å². The molecule has 1 unspecified atom stereocenters. The lowest BCUT2D eigenvalue weighted by Gasteiger charge is -2.28. The zero-order chi connectivity index (χ0) is 12.3. The van der Waals surface area contributed by atoms with Gasteiger partial charge in [0.15, 0.2) is 0 Å². The number of thiazole rings is 1. The van der Waals surface area contributed by atoms with Crippen molar-refractivity contribution in [3.8, 4) is 0 Å². The number of hydrogen-bond acceptors (Lipinski definition) is 3. The highest BCUT2D eigenvalue weighted by molar-refractivity contribution is 7.11. The van der Waals surface area contributed by atoms with Gasteiger partial charge in [-0.1, -0.05) is 20.3 Å². The van der Waals surface area contributed by atoms with Gasteiger partial charge in [0.2, 0.25) is 0 Å². The summed E-state index contributed by atoms with van der Waals surface area (Å²) < 4.78 is 0. The molecule has 96 valence electrons. The van der Waals surface area contributed by atoms with Gasteiger partial charge in [0.25, 0.3) is 0 Å². The van der Waals surface area contributed by atoms with Gasteiger partial charge in [-0.15, -0.1) is 11.3 Å². The normalized spacial score (nSPS) is 18.8. The molecule has 0 aromatic carbocycles. The highest BCUT2D eigenvalue weighted by Gasteiger charge is 2.29. The average molecular weight is 252 g/mol. The number of hydrogen-bond donors (Lipinski definition) is 1. The second-order valence-corrected chi connectivity index (χ2v) is 6.29. The highest BCUT2D eigenvalue weighted by atomic mass is 32.1. The molecular weight excluding hydrogens is 228 g/mol. The third-order valence-corrected chi connectivity index (χ3v) is 5.06. The van der Waals surface area contributed by atoms with Gasteiger partial charge < -0.3 is 5.32 Å². The van der Waals surface area contributed by atoms with Crippen LogP contribution in [-0.2, 0) is 18.4 Å². The molecule has 17 heavy (non-hydrogen) atoms. The van der Waals surface area contributed by atoms with Crippen LogP contribution >= 0.6 is 11.3 Å². The Morgan fingerprint density at radius 2 is 2.06 bits per heavy atom. The maximum atomic E-state index is 4.92. The molecule has 0 saturated heterocycles. The largest absolute Gasteiger partial charge is 0.306 e. The smallest absolute Gasteiger partial charge is 0.113 e. The van der Waals surface area contributed by atoms with Crippen molar-refractivity contribution in [2.75, 3.05) is 6.54 Å². The van der Waals surface area contributed by atoms with Gasteiger partial charge in [-0.2, -0.15) is 0 Å². The standard InChI is InChI=1S/C14H24N2S/c1-4-10-14(3,15-5-2)13-16-11-8-6-7-9-12(11)17-13/h15H,4-10H2,1-3H3. The zero-order valence-corrected chi connectivity index (χ0v) is 12.1. The van der Waals surface area contributed by atoms with E-state index in [1.165, 1.54) is 49.2 Å². The quantitative estimate of drug-likeness (QED) is 0.865. The van der Waals surface area contributed by atoms with Crippen molar-refractivity contribution >= 4 is 11.3 Å². The molecule has 1 aromatic rings. The summed E-state index contributed by atoms with van der Waals surface area (Å²) in [6.07, 6.45) is 7.49. The fourth-order valence-electron chi connectivity index (χ4n) is 2.75. The predicted octanol–water partition coefficient (Wildman–Crippen LogP) is 3.65. The van der Waals surface area contributed by atoms with E-state index in [4.69, 9.17) is 4.98 Å². The second-order valence-electron chi connectivity index (χ2n) is 5.21. The Balaban J connectivity index is 2.26. The summed E-state index contributed by atoms with van der Waals surface area (Å²) in [5.74, 6) is 0. The van der Waals surface area contributed by atoms with Crippen molar-refractivity contribution in [2.45, 2.75) is 64.8 Å². The molecule has 0 aliphatic heterocycles. The molecular formula is C14H24N2S. The lowest BCUT2D eigenvalue weighted by molar-refractivity contribution is 0.343. The Hall–Kier alpha value is -0.410. The summed E-state index contributed by atoms with van der Waals surface area (Å²) in [7, 11) is 0. The second kappa shape index (κ2) is 5.49. The van der Waals surface area contributed by atoms with Crippen LogP contribution in [0.4, 0.5) is 0 Å². The van der Waals surface area contributed by atoms with Crippen LogP contribution in [0.15, 0.2) is 0 Å². The number of fused-ring (bicyclic) bond motifs is 1. The van der Waals surface area contributed by atoms with E-state index in [2.05, 4.69) is 26.1 Å². The van der Waals surface area contributed by atoms with E-state index < -0.39 is 0 Å². The van der Waals surface area contributed by atoms with Crippen molar-refractivity contribution in [2.24, 2.45) is 0 Å². The molecule has 0 spiro atoms. The number of aryl methyl sites for hydroxylation is 2. The minimum absolute atomic E-state index is 0.0888. The Labute approximate surface area is 109 Å². The van der Waals surface area contributed by atoms with Crippen molar-refractivity contribution in [1.82, 2.24) is 10.3 Å². The first-order valence-electron chi connectivity index (χ1n) is 6.93. The molecule has 1 aliphatic carbocycles. The van der Waals surface area contributed by atoms with Crippen LogP contribution in [0.5, 0.6) is 0 Å². The first kappa shape index (κ1) is 13.0. The lowest BCUT2D eigenvalue weighted by Crippen LogP contribution is -2.39. The number of aromatic nitrogens is 1. The van der Waals surface area contributed by atoms with Gasteiger partial charge in [-0.3, -0.25) is 0 Å². The van der Waals surface area contributed by atoms with Crippen LogP contribution in [0.3, 0.4) is 0 Å². The minimum atomic E-state index is 0.0888. The van der Waals surface area contributed by atoms with Gasteiger partial charge in [-0.25, -0.2) is 4.98 Å². The fraction of sp³-hybridized carbons (Fsp3) is 0.786. The van der Waals surface area contributed by atoms with E-state index in [-0.39, 0.29) is 5.54 Å². The molecule has 1 aromatic heterocycles. The maximum Gasteiger partial charge on any atom is 0.113 e. The molecule has 1 atom stereocenters. The Morgan fingerprint density at radius 1 is 1.29 bits per heavy atom. The van der Waals surface area contributed by atoms with Crippen molar-refractivity contribution in [1.29, 1.82) is 0 Å². The van der Waals surface area contributed by atoms with Crippen molar-refractivity contribution in [3.05, 3.63) is 15.6 Å². The molecule has 0 saturated carbocycles. The predicted molar refractivity (Wildman–Crippen MR) is 74.7 cm³/mol. The minimum Gasteiger partial charge on any atom is -0.306 e. The summed E-state index contributed by atoms with van der Waals surface area (Å²) in [5, 5.41) is 4.95. The van der Waals surface area contributed by atoms with Crippen LogP contribution < -0.4 is 5.32 Å². The molecule has 0 bridgehead atoms. The molecule has 2 rings (SSSR count). The van der Waals surface area contributed by atoms with E-state index >= 15 is 0 Å². The number of nitrogens with one attached hydrogen (secondary N) is 1. The molecule has 2 nitrogen and oxygen atoms in total. The van der Waals surface area contributed by atoms with Gasteiger partial charge in [0.1, 0.15) is 5.01 Å². The van der Waals surface area contributed by atoms with Gasteiger partial charge in [-0.05, 0) is 45.6 Å². The van der Waals surface area contributed by atoms with Gasteiger partial charge in [0, 0.05) is 4.88 Å². The molecule has 1 heterocycles. The van der Waals surface area contributed by atoms with Crippen molar-refractivity contribution < 1.29 is 0 Å². The first-order chi connectivity index (χ1) is 8.19. The van der Waals surface area contributed by atoms with E-state index in [1.54, 1.807) is 4.88 Å². The van der Waals surface area contributed by atoms with Crippen LogP contribution in [0, 0.1) is 0 Å². The lowest BCUT2D eigenvalue weighted by atomic mass is 9.96. The topological polar surface area (TPSA) is 24.9 Å². The highest BCUT2D eigenvalue weighted by Crippen LogP contribution is 2.34. The van der Waals surface area contributed by atoms with Gasteiger partial charge in [0.05, 0.1) is 11.2 Å². The average Bonchev–Trinajstić information content (AvgIpc) is 2.74. The molecule has 0 fully saturated rings. The summed E-state index contributed by atoms with van der Waals surface area (Å²) in [4.78, 5) is 6.46. The third-order valence-electron chi connectivity index (χ3n) is 3.63. The third kappa shape index (κ3) is 2.71. The Morgan fingerprint density at radius 3 is 2.71 bits per heavy atom. The number of nitrogens with zero attached hydrogens (tertiary/aromatic N) is 1. The fourth-order valence-corrected chi connectivity index (χ4v) is 4.05. The van der Waals surface area contributed by atoms with E-state index in [0.717, 1.165) is 6.54 Å². The van der Waals surface area contributed by atoms with Crippen LogP contribution in [0.2, 0.25) is 0 Å². The van der Waals surface area contributed by atoms with Gasteiger partial charge >= 0.3 is 0 Å². The first-order valence-corrected chi connectivity index (χ1v) is 7.75. The van der Waals surface area contributed by atoms with E-state index in [0.29, 0.717) is 0 Å². The van der Waals surface area contributed by atoms with E-state index in [1.807, 2.05) is 11.3 Å². The molecule has 0 amide bonds. The molecule has 1 aliphatic rings. The maximum absolute atomic E-state index is 4.92. The molecule has 0 radical (unpaired) electrons.